The molecule has 0 amide bonds. The summed E-state index contributed by atoms with van der Waals surface area (Å²) in [6.07, 6.45) is 1.96. The molecule has 0 aromatic heterocycles. The Balaban J connectivity index is 1.81. The third-order valence-corrected chi connectivity index (χ3v) is 4.94. The third-order valence-electron chi connectivity index (χ3n) is 3.90. The van der Waals surface area contributed by atoms with Gasteiger partial charge < -0.3 is 9.47 Å². The fourth-order valence-corrected chi connectivity index (χ4v) is 3.33. The Hall–Kier alpha value is -0.780. The summed E-state index contributed by atoms with van der Waals surface area (Å²) in [5, 5.41) is 0.815. The summed E-state index contributed by atoms with van der Waals surface area (Å²) < 4.78 is 12.6. The van der Waals surface area contributed by atoms with Gasteiger partial charge in [-0.15, -0.1) is 0 Å². The summed E-state index contributed by atoms with van der Waals surface area (Å²) in [7, 11) is 0. The van der Waals surface area contributed by atoms with E-state index in [1.54, 1.807) is 0 Å². The molecule has 0 aliphatic carbocycles. The first-order valence-corrected chi connectivity index (χ1v) is 8.85. The quantitative estimate of drug-likeness (QED) is 0.637. The molecule has 2 aromatic rings. The van der Waals surface area contributed by atoms with E-state index in [-0.39, 0.29) is 6.10 Å². The zero-order valence-corrected chi connectivity index (χ0v) is 15.4. The van der Waals surface area contributed by atoms with Crippen molar-refractivity contribution in [2.24, 2.45) is 0 Å². The number of hydrogen-bond acceptors (Lipinski definition) is 2. The summed E-state index contributed by atoms with van der Waals surface area (Å²) in [6, 6.07) is 12.4. The van der Waals surface area contributed by atoms with Crippen LogP contribution >= 0.6 is 34.2 Å². The van der Waals surface area contributed by atoms with E-state index in [9.17, 15) is 0 Å². The number of halogens is 2. The van der Waals surface area contributed by atoms with Gasteiger partial charge in [0, 0.05) is 15.0 Å². The minimum atomic E-state index is 0.178. The summed E-state index contributed by atoms with van der Waals surface area (Å²) in [5.74, 6) is 0.915. The molecule has 2 nitrogen and oxygen atoms in total. The van der Waals surface area contributed by atoms with E-state index in [2.05, 4.69) is 47.7 Å². The maximum Gasteiger partial charge on any atom is 0.124 e. The van der Waals surface area contributed by atoms with Crippen LogP contribution in [0.1, 0.15) is 23.1 Å². The normalized spacial score (nSPS) is 17.7. The van der Waals surface area contributed by atoms with E-state index in [0.29, 0.717) is 6.61 Å². The average molecular weight is 429 g/mol. The second-order valence-electron chi connectivity index (χ2n) is 5.60. The highest BCUT2D eigenvalue weighted by Gasteiger charge is 2.17. The standard InChI is InChI=1S/C18H18ClIO2/c1-12-2-4-16(22-17-6-7-21-11-17)10-13(12)8-14-9-15(20)3-5-18(14)19/h2-5,9-10,17H,6-8,11H2,1H3/t17-/m0/s1. The Labute approximate surface area is 149 Å². The van der Waals surface area contributed by atoms with Crippen LogP contribution in [0.2, 0.25) is 5.02 Å². The highest BCUT2D eigenvalue weighted by atomic mass is 127. The van der Waals surface area contributed by atoms with Crippen LogP contribution in [-0.2, 0) is 11.2 Å². The average Bonchev–Trinajstić information content (AvgIpc) is 2.99. The summed E-state index contributed by atoms with van der Waals surface area (Å²) in [5.41, 5.74) is 3.66. The SMILES string of the molecule is Cc1ccc(O[C@H]2CCOC2)cc1Cc1cc(I)ccc1Cl. The fourth-order valence-electron chi connectivity index (χ4n) is 2.59. The van der Waals surface area contributed by atoms with Gasteiger partial charge in [0.1, 0.15) is 11.9 Å². The maximum atomic E-state index is 6.32. The monoisotopic (exact) mass is 428 g/mol. The zero-order valence-electron chi connectivity index (χ0n) is 12.4. The topological polar surface area (TPSA) is 18.5 Å². The van der Waals surface area contributed by atoms with Crippen LogP contribution in [0.4, 0.5) is 0 Å². The molecule has 0 saturated carbocycles. The predicted octanol–water partition coefficient (Wildman–Crippen LogP) is 5.01. The Bertz CT molecular complexity index is 666. The van der Waals surface area contributed by atoms with Crippen LogP contribution in [0.25, 0.3) is 0 Å². The van der Waals surface area contributed by atoms with E-state index in [0.717, 1.165) is 35.8 Å². The van der Waals surface area contributed by atoms with Gasteiger partial charge in [-0.2, -0.15) is 0 Å². The van der Waals surface area contributed by atoms with Crippen molar-refractivity contribution in [3.8, 4) is 5.75 Å². The molecule has 1 heterocycles. The molecule has 0 spiro atoms. The van der Waals surface area contributed by atoms with E-state index < -0.39 is 0 Å². The number of aryl methyl sites for hydroxylation is 1. The highest BCUT2D eigenvalue weighted by Crippen LogP contribution is 2.26. The van der Waals surface area contributed by atoms with Gasteiger partial charge in [0.15, 0.2) is 0 Å². The van der Waals surface area contributed by atoms with E-state index in [1.165, 1.54) is 14.7 Å². The second kappa shape index (κ2) is 7.20. The summed E-state index contributed by atoms with van der Waals surface area (Å²) >= 11 is 8.64. The van der Waals surface area contributed by atoms with Crippen LogP contribution in [-0.4, -0.2) is 19.3 Å². The van der Waals surface area contributed by atoms with Crippen LogP contribution in [0.3, 0.4) is 0 Å². The number of hydrogen-bond donors (Lipinski definition) is 0. The summed E-state index contributed by atoms with van der Waals surface area (Å²) in [4.78, 5) is 0. The maximum absolute atomic E-state index is 6.32. The molecular formula is C18H18ClIO2. The van der Waals surface area contributed by atoms with Crippen molar-refractivity contribution in [3.05, 3.63) is 61.7 Å². The van der Waals surface area contributed by atoms with Gasteiger partial charge >= 0.3 is 0 Å². The molecule has 0 bridgehead atoms. The Morgan fingerprint density at radius 3 is 2.86 bits per heavy atom. The van der Waals surface area contributed by atoms with Crippen LogP contribution < -0.4 is 4.74 Å². The molecule has 3 rings (SSSR count). The molecule has 4 heteroatoms. The molecular weight excluding hydrogens is 411 g/mol. The first-order chi connectivity index (χ1) is 10.6. The van der Waals surface area contributed by atoms with Crippen molar-refractivity contribution in [1.29, 1.82) is 0 Å². The van der Waals surface area contributed by atoms with Gasteiger partial charge in [-0.05, 0) is 83.0 Å². The first-order valence-electron chi connectivity index (χ1n) is 7.39. The smallest absolute Gasteiger partial charge is 0.124 e. The van der Waals surface area contributed by atoms with E-state index >= 15 is 0 Å². The molecule has 1 atom stereocenters. The van der Waals surface area contributed by atoms with Crippen molar-refractivity contribution >= 4 is 34.2 Å². The predicted molar refractivity (Wildman–Crippen MR) is 98.0 cm³/mol. The van der Waals surface area contributed by atoms with Gasteiger partial charge in [-0.25, -0.2) is 0 Å². The zero-order chi connectivity index (χ0) is 15.5. The molecule has 1 fully saturated rings. The molecule has 1 aliphatic heterocycles. The van der Waals surface area contributed by atoms with Crippen LogP contribution in [0, 0.1) is 10.5 Å². The number of benzene rings is 2. The molecule has 1 saturated heterocycles. The highest BCUT2D eigenvalue weighted by molar-refractivity contribution is 14.1. The van der Waals surface area contributed by atoms with Crippen molar-refractivity contribution in [3.63, 3.8) is 0 Å². The van der Waals surface area contributed by atoms with Gasteiger partial charge in [0.25, 0.3) is 0 Å². The van der Waals surface area contributed by atoms with E-state index in [1.807, 2.05) is 18.2 Å². The van der Waals surface area contributed by atoms with Crippen LogP contribution in [0.5, 0.6) is 5.75 Å². The Morgan fingerprint density at radius 2 is 2.09 bits per heavy atom. The molecule has 22 heavy (non-hydrogen) atoms. The summed E-state index contributed by atoms with van der Waals surface area (Å²) in [6.45, 7) is 3.60. The first kappa shape index (κ1) is 16.1. The van der Waals surface area contributed by atoms with E-state index in [4.69, 9.17) is 21.1 Å². The lowest BCUT2D eigenvalue weighted by Gasteiger charge is -2.15. The molecule has 0 radical (unpaired) electrons. The minimum Gasteiger partial charge on any atom is -0.488 e. The fraction of sp³-hybridized carbons (Fsp3) is 0.333. The molecule has 116 valence electrons. The van der Waals surface area contributed by atoms with Gasteiger partial charge in [0.05, 0.1) is 13.2 Å². The van der Waals surface area contributed by atoms with Crippen molar-refractivity contribution in [1.82, 2.24) is 0 Å². The molecule has 0 unspecified atom stereocenters. The van der Waals surface area contributed by atoms with Crippen molar-refractivity contribution < 1.29 is 9.47 Å². The lowest BCUT2D eigenvalue weighted by molar-refractivity contribution is 0.141. The third kappa shape index (κ3) is 3.94. The molecule has 2 aromatic carbocycles. The Morgan fingerprint density at radius 1 is 1.23 bits per heavy atom. The molecule has 0 N–H and O–H groups in total. The largest absolute Gasteiger partial charge is 0.488 e. The lowest BCUT2D eigenvalue weighted by atomic mass is 10.0. The van der Waals surface area contributed by atoms with Crippen molar-refractivity contribution in [2.45, 2.75) is 25.9 Å². The lowest BCUT2D eigenvalue weighted by Crippen LogP contribution is -2.15. The second-order valence-corrected chi connectivity index (χ2v) is 7.26. The van der Waals surface area contributed by atoms with Crippen molar-refractivity contribution in [2.75, 3.05) is 13.2 Å². The number of ether oxygens (including phenoxy) is 2. The number of rotatable bonds is 4. The van der Waals surface area contributed by atoms with Gasteiger partial charge in [-0.3, -0.25) is 0 Å². The van der Waals surface area contributed by atoms with Crippen LogP contribution in [0.15, 0.2) is 36.4 Å². The molecule has 1 aliphatic rings. The van der Waals surface area contributed by atoms with Gasteiger partial charge in [0.2, 0.25) is 0 Å². The Kier molecular flexibility index (Phi) is 5.26. The van der Waals surface area contributed by atoms with Gasteiger partial charge in [-0.1, -0.05) is 17.7 Å². The minimum absolute atomic E-state index is 0.178.